The summed E-state index contributed by atoms with van der Waals surface area (Å²) in [6.45, 7) is 0. The smallest absolute Gasteiger partial charge is 0.159 e. The number of amidine groups is 2. The molecular formula is C51H34N4S2. The average Bonchev–Trinajstić information content (AvgIpc) is 3.96. The van der Waals surface area contributed by atoms with E-state index in [-0.39, 0.29) is 12.1 Å². The zero-order valence-corrected chi connectivity index (χ0v) is 32.4. The predicted molar refractivity (Wildman–Crippen MR) is 244 cm³/mol. The van der Waals surface area contributed by atoms with Crippen molar-refractivity contribution in [2.24, 2.45) is 15.9 Å². The van der Waals surface area contributed by atoms with E-state index in [0.717, 1.165) is 29.2 Å². The van der Waals surface area contributed by atoms with Crippen molar-refractivity contribution in [3.8, 4) is 16.8 Å². The first-order valence-electron chi connectivity index (χ1n) is 19.5. The van der Waals surface area contributed by atoms with Crippen molar-refractivity contribution in [1.29, 1.82) is 0 Å². The summed E-state index contributed by atoms with van der Waals surface area (Å²) in [5.41, 5.74) is 8.33. The third kappa shape index (κ3) is 5.18. The number of aliphatic imine (C=N–C) groups is 2. The van der Waals surface area contributed by atoms with Crippen LogP contribution in [-0.4, -0.2) is 22.4 Å². The molecule has 12 rings (SSSR count). The van der Waals surface area contributed by atoms with Crippen LogP contribution in [0.1, 0.15) is 17.5 Å². The lowest BCUT2D eigenvalue weighted by Gasteiger charge is -2.28. The highest BCUT2D eigenvalue weighted by Crippen LogP contribution is 2.45. The summed E-state index contributed by atoms with van der Waals surface area (Å²) in [5.74, 6) is 1.77. The quantitative estimate of drug-likeness (QED) is 0.186. The van der Waals surface area contributed by atoms with E-state index in [9.17, 15) is 0 Å². The van der Waals surface area contributed by atoms with Crippen LogP contribution in [0.4, 0.5) is 0 Å². The molecule has 2 atom stereocenters. The van der Waals surface area contributed by atoms with Crippen molar-refractivity contribution in [2.75, 3.05) is 0 Å². The summed E-state index contributed by atoms with van der Waals surface area (Å²) in [4.78, 5) is 10.3. The number of hydrogen-bond acceptors (Lipinski definition) is 5. The van der Waals surface area contributed by atoms with Gasteiger partial charge in [-0.2, -0.15) is 0 Å². The molecule has 0 fully saturated rings. The van der Waals surface area contributed by atoms with Gasteiger partial charge in [0.25, 0.3) is 0 Å². The molecule has 1 aliphatic heterocycles. The number of para-hydroxylation sites is 2. The second kappa shape index (κ2) is 13.0. The molecule has 0 saturated carbocycles. The molecule has 1 aliphatic carbocycles. The maximum Gasteiger partial charge on any atom is 0.159 e. The third-order valence-electron chi connectivity index (χ3n) is 11.6. The first kappa shape index (κ1) is 32.6. The molecule has 0 bridgehead atoms. The van der Waals surface area contributed by atoms with Gasteiger partial charge in [0.05, 0.1) is 16.7 Å². The maximum atomic E-state index is 5.27. The molecule has 57 heavy (non-hydrogen) atoms. The van der Waals surface area contributed by atoms with Crippen LogP contribution >= 0.6 is 22.7 Å². The fraction of sp³-hybridized carbons (Fsp3) is 0.0588. The number of aromatic nitrogens is 1. The van der Waals surface area contributed by atoms with E-state index in [1.807, 2.05) is 34.8 Å². The first-order chi connectivity index (χ1) is 28.3. The molecule has 270 valence electrons. The lowest BCUT2D eigenvalue weighted by Crippen LogP contribution is -2.44. The molecule has 10 aromatic rings. The van der Waals surface area contributed by atoms with Crippen molar-refractivity contribution in [2.45, 2.75) is 12.6 Å². The second-order valence-corrected chi connectivity index (χ2v) is 17.0. The van der Waals surface area contributed by atoms with E-state index in [1.54, 1.807) is 0 Å². The van der Waals surface area contributed by atoms with Gasteiger partial charge in [-0.15, -0.1) is 22.7 Å². The molecule has 0 amide bonds. The van der Waals surface area contributed by atoms with Crippen molar-refractivity contribution < 1.29 is 0 Å². The van der Waals surface area contributed by atoms with Crippen molar-refractivity contribution in [3.05, 3.63) is 185 Å². The van der Waals surface area contributed by atoms with E-state index in [4.69, 9.17) is 9.98 Å². The Morgan fingerprint density at radius 1 is 0.561 bits per heavy atom. The highest BCUT2D eigenvalue weighted by molar-refractivity contribution is 7.26. The minimum atomic E-state index is -0.162. The lowest BCUT2D eigenvalue weighted by atomic mass is 9.93. The van der Waals surface area contributed by atoms with Crippen LogP contribution in [0.3, 0.4) is 0 Å². The van der Waals surface area contributed by atoms with Crippen LogP contribution in [0.15, 0.2) is 174 Å². The first-order valence-corrected chi connectivity index (χ1v) is 21.1. The van der Waals surface area contributed by atoms with E-state index in [0.29, 0.717) is 0 Å². The Bertz CT molecular complexity index is 3370. The van der Waals surface area contributed by atoms with Gasteiger partial charge in [-0.25, -0.2) is 9.98 Å². The third-order valence-corrected chi connectivity index (χ3v) is 14.0. The lowest BCUT2D eigenvalue weighted by molar-refractivity contribution is 0.504. The van der Waals surface area contributed by atoms with Crippen LogP contribution in [0.2, 0.25) is 0 Å². The van der Waals surface area contributed by atoms with Gasteiger partial charge in [0.1, 0.15) is 12.0 Å². The van der Waals surface area contributed by atoms with Gasteiger partial charge in [-0.3, -0.25) is 0 Å². The molecule has 6 heteroatoms. The van der Waals surface area contributed by atoms with Gasteiger partial charge in [-0.1, -0.05) is 146 Å². The summed E-state index contributed by atoms with van der Waals surface area (Å²) in [6, 6.07) is 58.9. The fourth-order valence-electron chi connectivity index (χ4n) is 9.03. The van der Waals surface area contributed by atoms with Gasteiger partial charge in [0.2, 0.25) is 0 Å². The standard InChI is InChI=1S/C51H34N4S2/c1-3-14-31(15-4-1)49-52-50(32-16-5-2-6-17-32)54-51(53-49)33-28-29-43-39(30-33)46-36(20-12-26-44(46)56-43)37-21-11-22-38-47-42(25-13-27-45(47)57-48(37)38)55-40-23-9-7-18-34(40)35-19-8-10-24-41(35)55/h1-27,29-30,33,51H,28H2,(H,52,53,54). The van der Waals surface area contributed by atoms with Crippen molar-refractivity contribution in [3.63, 3.8) is 0 Å². The molecule has 1 N–H and O–H groups in total. The van der Waals surface area contributed by atoms with Gasteiger partial charge in [-0.05, 0) is 47.5 Å². The number of nitrogens with zero attached hydrogens (tertiary/aromatic N) is 3. The molecule has 4 heterocycles. The van der Waals surface area contributed by atoms with Crippen molar-refractivity contribution in [1.82, 2.24) is 9.88 Å². The Morgan fingerprint density at radius 2 is 1.19 bits per heavy atom. The summed E-state index contributed by atoms with van der Waals surface area (Å²) >= 11 is 3.80. The number of fused-ring (bicyclic) bond motifs is 9. The van der Waals surface area contributed by atoms with Crippen LogP contribution in [0, 0.1) is 5.92 Å². The normalized spacial score (nSPS) is 16.6. The Kier molecular flexibility index (Phi) is 7.43. The SMILES string of the molecule is C1=c2sc3cccc(-c4cccc5c4sc4cccc(-n6c7ccccc7c7ccccc76)c45)c3c2=CC(C2N=C(c3ccccc3)N=C(c3ccccc3)N2)C1. The number of benzene rings is 7. The van der Waals surface area contributed by atoms with Crippen LogP contribution in [-0.2, 0) is 0 Å². The second-order valence-electron chi connectivity index (χ2n) is 14.9. The molecule has 0 spiro atoms. The maximum absolute atomic E-state index is 5.27. The topological polar surface area (TPSA) is 41.7 Å². The number of rotatable bonds is 5. The summed E-state index contributed by atoms with van der Waals surface area (Å²) in [5, 5.41) is 11.5. The Labute approximate surface area is 336 Å². The Balaban J connectivity index is 1.02. The molecule has 2 unspecified atom stereocenters. The molecule has 2 aliphatic rings. The molecular weight excluding hydrogens is 733 g/mol. The minimum Gasteiger partial charge on any atom is -0.347 e. The number of nitrogens with one attached hydrogen (secondary N) is 1. The van der Waals surface area contributed by atoms with Crippen molar-refractivity contribution >= 4 is 98.6 Å². The van der Waals surface area contributed by atoms with Gasteiger partial charge in [0.15, 0.2) is 5.84 Å². The van der Waals surface area contributed by atoms with Crippen LogP contribution < -0.4 is 15.1 Å². The molecule has 0 radical (unpaired) electrons. The highest BCUT2D eigenvalue weighted by Gasteiger charge is 2.27. The Morgan fingerprint density at radius 3 is 1.96 bits per heavy atom. The van der Waals surface area contributed by atoms with Gasteiger partial charge in [0, 0.05) is 68.2 Å². The van der Waals surface area contributed by atoms with E-state index in [1.165, 1.54) is 78.6 Å². The predicted octanol–water partition coefficient (Wildman–Crippen LogP) is 11.4. The average molecular weight is 767 g/mol. The number of hydrogen-bond donors (Lipinski definition) is 1. The largest absolute Gasteiger partial charge is 0.347 e. The van der Waals surface area contributed by atoms with Gasteiger partial charge >= 0.3 is 0 Å². The zero-order chi connectivity index (χ0) is 37.5. The van der Waals surface area contributed by atoms with E-state index >= 15 is 0 Å². The summed E-state index contributed by atoms with van der Waals surface area (Å²) in [6.07, 6.45) is 5.66. The monoisotopic (exact) mass is 766 g/mol. The molecule has 4 nitrogen and oxygen atoms in total. The Hall–Kier alpha value is -6.60. The zero-order valence-electron chi connectivity index (χ0n) is 30.8. The summed E-state index contributed by atoms with van der Waals surface area (Å²) in [7, 11) is 0. The van der Waals surface area contributed by atoms with Crippen LogP contribution in [0.5, 0.6) is 0 Å². The summed E-state index contributed by atoms with van der Waals surface area (Å²) < 4.78 is 7.73. The minimum absolute atomic E-state index is 0.144. The van der Waals surface area contributed by atoms with Gasteiger partial charge < -0.3 is 9.88 Å². The molecule has 0 saturated heterocycles. The van der Waals surface area contributed by atoms with Crippen LogP contribution in [0.25, 0.3) is 81.0 Å². The molecule has 7 aromatic carbocycles. The van der Waals surface area contributed by atoms with E-state index in [2.05, 4.69) is 174 Å². The molecule has 3 aromatic heterocycles. The van der Waals surface area contributed by atoms with E-state index < -0.39 is 0 Å². The fourth-order valence-corrected chi connectivity index (χ4v) is 11.4. The highest BCUT2D eigenvalue weighted by atomic mass is 32.1. The number of thiophene rings is 2.